The van der Waals surface area contributed by atoms with Gasteiger partial charge in [0.15, 0.2) is 5.82 Å². The first-order valence-electron chi connectivity index (χ1n) is 10.2. The minimum absolute atomic E-state index is 0.0683. The summed E-state index contributed by atoms with van der Waals surface area (Å²) in [7, 11) is 0. The predicted octanol–water partition coefficient (Wildman–Crippen LogP) is 3.81. The summed E-state index contributed by atoms with van der Waals surface area (Å²) >= 11 is 6.20. The molecular formula is C21H21ClN6O3. The molecule has 3 aromatic rings. The molecule has 1 aromatic carbocycles. The van der Waals surface area contributed by atoms with Gasteiger partial charge in [-0.05, 0) is 55.5 Å². The molecule has 10 heteroatoms. The lowest BCUT2D eigenvalue weighted by Crippen LogP contribution is -2.28. The Morgan fingerprint density at radius 3 is 2.61 bits per heavy atom. The third-order valence-electron chi connectivity index (χ3n) is 5.86. The van der Waals surface area contributed by atoms with Gasteiger partial charge in [-0.25, -0.2) is 14.8 Å². The zero-order valence-electron chi connectivity index (χ0n) is 16.7. The zero-order chi connectivity index (χ0) is 21.4. The Bertz CT molecular complexity index is 1100. The molecular weight excluding hydrogens is 420 g/mol. The first kappa shape index (κ1) is 19.7. The second-order valence-corrected chi connectivity index (χ2v) is 8.28. The van der Waals surface area contributed by atoms with Gasteiger partial charge in [-0.1, -0.05) is 11.6 Å². The third kappa shape index (κ3) is 3.93. The van der Waals surface area contributed by atoms with Crippen LogP contribution < -0.4 is 4.74 Å². The number of nitrogens with zero attached hydrogens (tertiary/aromatic N) is 6. The maximum Gasteiger partial charge on any atom is 0.408 e. The molecule has 9 nitrogen and oxygen atoms in total. The van der Waals surface area contributed by atoms with E-state index in [-0.39, 0.29) is 25.1 Å². The van der Waals surface area contributed by atoms with Crippen LogP contribution in [0.5, 0.6) is 6.01 Å². The largest absolute Gasteiger partial charge is 0.465 e. The molecule has 0 bridgehead atoms. The molecule has 0 spiro atoms. The highest BCUT2D eigenvalue weighted by atomic mass is 35.5. The summed E-state index contributed by atoms with van der Waals surface area (Å²) in [5, 5.41) is 19.0. The van der Waals surface area contributed by atoms with E-state index in [1.165, 1.54) is 4.90 Å². The molecule has 0 radical (unpaired) electrons. The van der Waals surface area contributed by atoms with Crippen LogP contribution in [0, 0.1) is 0 Å². The topological polar surface area (TPSA) is 106 Å². The summed E-state index contributed by atoms with van der Waals surface area (Å²) in [6.07, 6.45) is 5.92. The van der Waals surface area contributed by atoms with Crippen molar-refractivity contribution >= 4 is 17.7 Å². The van der Waals surface area contributed by atoms with E-state index < -0.39 is 6.09 Å². The number of hydrogen-bond donors (Lipinski definition) is 1. The van der Waals surface area contributed by atoms with Crippen molar-refractivity contribution < 1.29 is 14.6 Å². The average Bonchev–Trinajstić information content (AvgIpc) is 3.10. The Morgan fingerprint density at radius 2 is 1.87 bits per heavy atom. The maximum atomic E-state index is 11.7. The molecule has 1 aliphatic heterocycles. The van der Waals surface area contributed by atoms with Gasteiger partial charge in [-0.3, -0.25) is 9.47 Å². The highest BCUT2D eigenvalue weighted by Gasteiger charge is 2.32. The van der Waals surface area contributed by atoms with Gasteiger partial charge >= 0.3 is 12.1 Å². The number of amides is 1. The van der Waals surface area contributed by atoms with Gasteiger partial charge in [-0.2, -0.15) is 0 Å². The Balaban J connectivity index is 1.41. The number of ether oxygens (including phenoxy) is 1. The summed E-state index contributed by atoms with van der Waals surface area (Å²) < 4.78 is 7.93. The molecule has 0 unspecified atom stereocenters. The van der Waals surface area contributed by atoms with Gasteiger partial charge in [-0.15, -0.1) is 10.2 Å². The van der Waals surface area contributed by atoms with Crippen molar-refractivity contribution in [1.29, 1.82) is 0 Å². The predicted molar refractivity (Wildman–Crippen MR) is 111 cm³/mol. The molecule has 1 fully saturated rings. The van der Waals surface area contributed by atoms with Crippen LogP contribution in [0.1, 0.15) is 48.8 Å². The number of fused-ring (bicyclic) bond motifs is 3. The van der Waals surface area contributed by atoms with E-state index in [9.17, 15) is 9.90 Å². The van der Waals surface area contributed by atoms with Crippen molar-refractivity contribution in [3.63, 3.8) is 0 Å². The Kier molecular flexibility index (Phi) is 5.19. The van der Waals surface area contributed by atoms with Crippen molar-refractivity contribution in [3.8, 4) is 11.7 Å². The Morgan fingerprint density at radius 1 is 1.10 bits per heavy atom. The smallest absolute Gasteiger partial charge is 0.408 e. The summed E-state index contributed by atoms with van der Waals surface area (Å²) in [6, 6.07) is 7.71. The van der Waals surface area contributed by atoms with Gasteiger partial charge in [0, 0.05) is 23.3 Å². The van der Waals surface area contributed by atoms with Gasteiger partial charge in [0.25, 0.3) is 0 Å². The van der Waals surface area contributed by atoms with Crippen LogP contribution in [0.15, 0.2) is 36.7 Å². The number of benzene rings is 1. The number of carbonyl (C=O) groups is 1. The minimum Gasteiger partial charge on any atom is -0.465 e. The van der Waals surface area contributed by atoms with E-state index >= 15 is 0 Å². The van der Waals surface area contributed by atoms with Gasteiger partial charge in [0.2, 0.25) is 0 Å². The molecule has 0 saturated heterocycles. The van der Waals surface area contributed by atoms with Gasteiger partial charge in [0.1, 0.15) is 11.9 Å². The molecule has 1 saturated carbocycles. The quantitative estimate of drug-likeness (QED) is 0.659. The monoisotopic (exact) mass is 440 g/mol. The van der Waals surface area contributed by atoms with Crippen molar-refractivity contribution in [3.05, 3.63) is 58.9 Å². The lowest BCUT2D eigenvalue weighted by Gasteiger charge is -2.28. The third-order valence-corrected chi connectivity index (χ3v) is 6.09. The SMILES string of the molecule is O=C(O)N1Cc2cc(Cl)ccc2-n2c(nnc2C2CCC(Oc3ncccn3)CC2)C1. The number of aromatic nitrogens is 5. The molecule has 2 aliphatic rings. The van der Waals surface area contributed by atoms with E-state index in [0.29, 0.717) is 16.9 Å². The molecule has 160 valence electrons. The summed E-state index contributed by atoms with van der Waals surface area (Å²) in [6.45, 7) is 0.435. The van der Waals surface area contributed by atoms with Crippen LogP contribution in [0.2, 0.25) is 5.02 Å². The van der Waals surface area contributed by atoms with E-state index in [2.05, 4.69) is 20.2 Å². The van der Waals surface area contributed by atoms with Gasteiger partial charge in [0.05, 0.1) is 18.8 Å². The van der Waals surface area contributed by atoms with Crippen LogP contribution in [0.3, 0.4) is 0 Å². The number of rotatable bonds is 3. The standard InChI is InChI=1S/C21H21ClN6O3/c22-15-4-7-17-14(10-15)11-27(21(29)30)12-18-25-26-19(28(17)18)13-2-5-16(6-3-13)31-20-23-8-1-9-24-20/h1,4,7-10,13,16H,2-3,5-6,11-12H2,(H,29,30). The maximum absolute atomic E-state index is 11.7. The molecule has 1 N–H and O–H groups in total. The normalized spacial score (nSPS) is 20.5. The second-order valence-electron chi connectivity index (χ2n) is 7.84. The highest BCUT2D eigenvalue weighted by molar-refractivity contribution is 6.30. The minimum atomic E-state index is -0.996. The molecule has 1 aliphatic carbocycles. The lowest BCUT2D eigenvalue weighted by atomic mass is 9.86. The summed E-state index contributed by atoms with van der Waals surface area (Å²) in [4.78, 5) is 21.3. The molecule has 2 aromatic heterocycles. The van der Waals surface area contributed by atoms with Crippen LogP contribution in [-0.2, 0) is 13.1 Å². The molecule has 1 amide bonds. The summed E-state index contributed by atoms with van der Waals surface area (Å²) in [5.41, 5.74) is 1.73. The van der Waals surface area contributed by atoms with Crippen LogP contribution in [-0.4, -0.2) is 46.9 Å². The Hall–Kier alpha value is -3.20. The van der Waals surface area contributed by atoms with Crippen molar-refractivity contribution in [1.82, 2.24) is 29.6 Å². The van der Waals surface area contributed by atoms with Crippen LogP contribution >= 0.6 is 11.6 Å². The molecule has 31 heavy (non-hydrogen) atoms. The number of hydrogen-bond acceptors (Lipinski definition) is 6. The van der Waals surface area contributed by atoms with Crippen LogP contribution in [0.25, 0.3) is 5.69 Å². The fourth-order valence-electron chi connectivity index (χ4n) is 4.36. The van der Waals surface area contributed by atoms with E-state index in [1.807, 2.05) is 22.8 Å². The van der Waals surface area contributed by atoms with Crippen molar-refractivity contribution in [2.24, 2.45) is 0 Å². The fraction of sp³-hybridized carbons (Fsp3) is 0.381. The average molecular weight is 441 g/mol. The van der Waals surface area contributed by atoms with Crippen molar-refractivity contribution in [2.75, 3.05) is 0 Å². The summed E-state index contributed by atoms with van der Waals surface area (Å²) in [5.74, 6) is 1.69. The van der Waals surface area contributed by atoms with E-state index in [1.54, 1.807) is 18.5 Å². The molecule has 3 heterocycles. The van der Waals surface area contributed by atoms with E-state index in [4.69, 9.17) is 16.3 Å². The molecule has 5 rings (SSSR count). The number of halogens is 1. The molecule has 0 atom stereocenters. The van der Waals surface area contributed by atoms with E-state index in [0.717, 1.165) is 42.8 Å². The fourth-order valence-corrected chi connectivity index (χ4v) is 4.55. The zero-order valence-corrected chi connectivity index (χ0v) is 17.4. The van der Waals surface area contributed by atoms with Gasteiger partial charge < -0.3 is 9.84 Å². The highest BCUT2D eigenvalue weighted by Crippen LogP contribution is 2.36. The first-order chi connectivity index (χ1) is 15.1. The first-order valence-corrected chi connectivity index (χ1v) is 10.6. The number of carboxylic acid groups (broad SMARTS) is 1. The second kappa shape index (κ2) is 8.14. The lowest BCUT2D eigenvalue weighted by molar-refractivity contribution is 0.132. The van der Waals surface area contributed by atoms with Crippen LogP contribution in [0.4, 0.5) is 4.79 Å². The Labute approximate surface area is 183 Å². The van der Waals surface area contributed by atoms with Crippen molar-refractivity contribution in [2.45, 2.75) is 50.8 Å².